The molecular formula is C20H22ClFN2O4S. The number of hydrogen-bond acceptors (Lipinski definition) is 4. The van der Waals surface area contributed by atoms with Crippen molar-refractivity contribution in [2.75, 3.05) is 24.4 Å². The van der Waals surface area contributed by atoms with Crippen LogP contribution in [0.3, 0.4) is 0 Å². The van der Waals surface area contributed by atoms with Crippen molar-refractivity contribution < 1.29 is 22.3 Å². The number of carbonyl (C=O) groups excluding carboxylic acids is 1. The predicted octanol–water partition coefficient (Wildman–Crippen LogP) is 4.06. The van der Waals surface area contributed by atoms with Crippen LogP contribution in [-0.4, -0.2) is 38.9 Å². The Kier molecular flexibility index (Phi) is 6.97. The zero-order valence-electron chi connectivity index (χ0n) is 15.7. The second-order valence-electron chi connectivity index (χ2n) is 6.79. The number of hydrogen-bond donors (Lipinski definition) is 1. The molecule has 6 nitrogen and oxygen atoms in total. The van der Waals surface area contributed by atoms with Gasteiger partial charge in [-0.1, -0.05) is 24.4 Å². The average Bonchev–Trinajstić information content (AvgIpc) is 2.98. The quantitative estimate of drug-likeness (QED) is 0.734. The molecule has 3 rings (SSSR count). The lowest BCUT2D eigenvalue weighted by atomic mass is 10.2. The summed E-state index contributed by atoms with van der Waals surface area (Å²) in [5.74, 6) is -0.347. The number of halogens is 2. The predicted molar refractivity (Wildman–Crippen MR) is 109 cm³/mol. The Morgan fingerprint density at radius 1 is 1.07 bits per heavy atom. The topological polar surface area (TPSA) is 75.7 Å². The number of sulfonamides is 1. The summed E-state index contributed by atoms with van der Waals surface area (Å²) in [5.41, 5.74) is 0.228. The van der Waals surface area contributed by atoms with Gasteiger partial charge in [-0.2, -0.15) is 0 Å². The van der Waals surface area contributed by atoms with Crippen LogP contribution in [0.25, 0.3) is 0 Å². The minimum Gasteiger partial charge on any atom is -0.482 e. The first-order valence-electron chi connectivity index (χ1n) is 9.34. The number of nitrogens with zero attached hydrogens (tertiary/aromatic N) is 1. The lowest BCUT2D eigenvalue weighted by Crippen LogP contribution is -2.35. The van der Waals surface area contributed by atoms with Crippen LogP contribution in [0.15, 0.2) is 47.4 Å². The van der Waals surface area contributed by atoms with Crippen molar-refractivity contribution in [3.05, 3.63) is 53.3 Å². The number of likely N-dealkylation sites (tertiary alicyclic amines) is 1. The van der Waals surface area contributed by atoms with E-state index in [2.05, 4.69) is 4.72 Å². The van der Waals surface area contributed by atoms with Crippen molar-refractivity contribution in [3.8, 4) is 5.75 Å². The van der Waals surface area contributed by atoms with Gasteiger partial charge in [0.05, 0.1) is 9.92 Å². The van der Waals surface area contributed by atoms with Crippen LogP contribution >= 0.6 is 11.6 Å². The Hall–Kier alpha value is -2.32. The van der Waals surface area contributed by atoms with E-state index in [9.17, 15) is 17.6 Å². The molecule has 9 heteroatoms. The average molecular weight is 441 g/mol. The molecule has 1 heterocycles. The van der Waals surface area contributed by atoms with Gasteiger partial charge in [-0.05, 0) is 55.3 Å². The van der Waals surface area contributed by atoms with Crippen molar-refractivity contribution in [3.63, 3.8) is 0 Å². The summed E-state index contributed by atoms with van der Waals surface area (Å²) in [7, 11) is -3.91. The maximum Gasteiger partial charge on any atom is 0.261 e. The van der Waals surface area contributed by atoms with Gasteiger partial charge in [-0.3, -0.25) is 9.52 Å². The first-order valence-corrected chi connectivity index (χ1v) is 11.2. The highest BCUT2D eigenvalue weighted by Gasteiger charge is 2.19. The summed E-state index contributed by atoms with van der Waals surface area (Å²) in [6.07, 6.45) is 4.22. The van der Waals surface area contributed by atoms with E-state index < -0.39 is 15.8 Å². The standard InChI is InChI=1S/C20H22ClFN2O4S/c21-18-13-17(29(26,27)23-16-7-5-15(22)6-8-16)9-10-19(18)28-14-20(25)24-11-3-1-2-4-12-24/h5-10,13,23H,1-4,11-12,14H2. The van der Waals surface area contributed by atoms with Crippen molar-refractivity contribution in [1.82, 2.24) is 4.90 Å². The number of rotatable bonds is 6. The molecule has 0 spiro atoms. The Labute approximate surface area is 174 Å². The fourth-order valence-electron chi connectivity index (χ4n) is 3.05. The van der Waals surface area contributed by atoms with Crippen molar-refractivity contribution in [1.29, 1.82) is 0 Å². The minimum atomic E-state index is -3.91. The van der Waals surface area contributed by atoms with E-state index in [1.807, 2.05) is 0 Å². The molecule has 1 amide bonds. The molecule has 0 saturated carbocycles. The molecule has 0 bridgehead atoms. The third-order valence-electron chi connectivity index (χ3n) is 4.62. The lowest BCUT2D eigenvalue weighted by Gasteiger charge is -2.20. The number of nitrogens with one attached hydrogen (secondary N) is 1. The fraction of sp³-hybridized carbons (Fsp3) is 0.350. The Balaban J connectivity index is 1.64. The highest BCUT2D eigenvalue weighted by Crippen LogP contribution is 2.28. The molecule has 1 aliphatic rings. The van der Waals surface area contributed by atoms with E-state index in [-0.39, 0.29) is 33.9 Å². The van der Waals surface area contributed by atoms with Gasteiger partial charge < -0.3 is 9.64 Å². The molecule has 29 heavy (non-hydrogen) atoms. The maximum atomic E-state index is 13.0. The highest BCUT2D eigenvalue weighted by molar-refractivity contribution is 7.92. The molecule has 156 valence electrons. The van der Waals surface area contributed by atoms with Gasteiger partial charge >= 0.3 is 0 Å². The zero-order valence-corrected chi connectivity index (χ0v) is 17.3. The number of ether oxygens (including phenoxy) is 1. The molecule has 0 aliphatic carbocycles. The summed E-state index contributed by atoms with van der Waals surface area (Å²) < 4.78 is 45.8. The van der Waals surface area contributed by atoms with Crippen LogP contribution in [0.2, 0.25) is 5.02 Å². The molecular weight excluding hydrogens is 419 g/mol. The molecule has 0 atom stereocenters. The summed E-state index contributed by atoms with van der Waals surface area (Å²) in [6, 6.07) is 8.95. The monoisotopic (exact) mass is 440 g/mol. The molecule has 2 aromatic carbocycles. The van der Waals surface area contributed by atoms with Crippen LogP contribution in [0.5, 0.6) is 5.75 Å². The molecule has 0 unspecified atom stereocenters. The van der Waals surface area contributed by atoms with Gasteiger partial charge in [-0.15, -0.1) is 0 Å². The van der Waals surface area contributed by atoms with Gasteiger partial charge in [0.2, 0.25) is 0 Å². The second kappa shape index (κ2) is 9.45. The third kappa shape index (κ3) is 5.83. The molecule has 1 N–H and O–H groups in total. The first-order chi connectivity index (χ1) is 13.8. The van der Waals surface area contributed by atoms with Crippen LogP contribution < -0.4 is 9.46 Å². The largest absolute Gasteiger partial charge is 0.482 e. The Morgan fingerprint density at radius 2 is 1.72 bits per heavy atom. The summed E-state index contributed by atoms with van der Waals surface area (Å²) in [4.78, 5) is 14.0. The van der Waals surface area contributed by atoms with Gasteiger partial charge in [0.15, 0.2) is 6.61 Å². The number of amides is 1. The molecule has 1 aliphatic heterocycles. The SMILES string of the molecule is O=C(COc1ccc(S(=O)(=O)Nc2ccc(F)cc2)cc1Cl)N1CCCCCC1. The third-order valence-corrected chi connectivity index (χ3v) is 6.29. The molecule has 1 saturated heterocycles. The Morgan fingerprint density at radius 3 is 2.34 bits per heavy atom. The van der Waals surface area contributed by atoms with E-state index in [1.54, 1.807) is 4.90 Å². The minimum absolute atomic E-state index is 0.0713. The zero-order chi connectivity index (χ0) is 20.9. The van der Waals surface area contributed by atoms with E-state index in [1.165, 1.54) is 30.3 Å². The van der Waals surface area contributed by atoms with Gasteiger partial charge in [-0.25, -0.2) is 12.8 Å². The molecule has 2 aromatic rings. The van der Waals surface area contributed by atoms with E-state index in [0.29, 0.717) is 0 Å². The normalized spacial score (nSPS) is 14.9. The van der Waals surface area contributed by atoms with Crippen LogP contribution in [0.4, 0.5) is 10.1 Å². The maximum absolute atomic E-state index is 13.0. The van der Waals surface area contributed by atoms with Crippen LogP contribution in [0, 0.1) is 5.82 Å². The van der Waals surface area contributed by atoms with Crippen LogP contribution in [0.1, 0.15) is 25.7 Å². The van der Waals surface area contributed by atoms with Crippen molar-refractivity contribution in [2.45, 2.75) is 30.6 Å². The van der Waals surface area contributed by atoms with E-state index in [0.717, 1.165) is 50.9 Å². The Bertz CT molecular complexity index is 959. The first kappa shape index (κ1) is 21.4. The van der Waals surface area contributed by atoms with Gasteiger partial charge in [0.25, 0.3) is 15.9 Å². The smallest absolute Gasteiger partial charge is 0.261 e. The highest BCUT2D eigenvalue weighted by atomic mass is 35.5. The summed E-state index contributed by atoms with van der Waals surface area (Å²) in [5, 5.41) is 0.0793. The number of anilines is 1. The summed E-state index contributed by atoms with van der Waals surface area (Å²) >= 11 is 6.16. The van der Waals surface area contributed by atoms with Crippen molar-refractivity contribution >= 4 is 33.2 Å². The van der Waals surface area contributed by atoms with E-state index in [4.69, 9.17) is 16.3 Å². The van der Waals surface area contributed by atoms with Crippen molar-refractivity contribution in [2.24, 2.45) is 0 Å². The van der Waals surface area contributed by atoms with E-state index >= 15 is 0 Å². The fourth-order valence-corrected chi connectivity index (χ4v) is 4.43. The molecule has 0 aromatic heterocycles. The second-order valence-corrected chi connectivity index (χ2v) is 8.88. The van der Waals surface area contributed by atoms with Crippen LogP contribution in [-0.2, 0) is 14.8 Å². The number of carbonyl (C=O) groups is 1. The number of benzene rings is 2. The molecule has 0 radical (unpaired) electrons. The summed E-state index contributed by atoms with van der Waals surface area (Å²) in [6.45, 7) is 1.30. The molecule has 1 fully saturated rings. The lowest BCUT2D eigenvalue weighted by molar-refractivity contribution is -0.133. The van der Waals surface area contributed by atoms with Gasteiger partial charge in [0.1, 0.15) is 11.6 Å². The van der Waals surface area contributed by atoms with Gasteiger partial charge in [0, 0.05) is 18.8 Å².